The first-order chi connectivity index (χ1) is 7.36. The van der Waals surface area contributed by atoms with Crippen molar-refractivity contribution in [1.29, 1.82) is 0 Å². The SMILES string of the molecule is CC(CO)NS(=O)(=O)c1cn(C(C)C)cn1. The van der Waals surface area contributed by atoms with Gasteiger partial charge in [-0.15, -0.1) is 0 Å². The Labute approximate surface area is 95.4 Å². The second-order valence-corrected chi connectivity index (χ2v) is 5.62. The third-order valence-corrected chi connectivity index (χ3v) is 3.55. The van der Waals surface area contributed by atoms with Crippen LogP contribution < -0.4 is 4.72 Å². The van der Waals surface area contributed by atoms with Crippen LogP contribution in [0.5, 0.6) is 0 Å². The van der Waals surface area contributed by atoms with E-state index in [9.17, 15) is 8.42 Å². The van der Waals surface area contributed by atoms with E-state index in [-0.39, 0.29) is 17.7 Å². The zero-order valence-electron chi connectivity index (χ0n) is 9.58. The normalized spacial score (nSPS) is 14.3. The molecule has 1 heterocycles. The summed E-state index contributed by atoms with van der Waals surface area (Å²) in [5.41, 5.74) is 0. The van der Waals surface area contributed by atoms with E-state index >= 15 is 0 Å². The van der Waals surface area contributed by atoms with Gasteiger partial charge in [-0.25, -0.2) is 18.1 Å². The van der Waals surface area contributed by atoms with Gasteiger partial charge in [-0.05, 0) is 20.8 Å². The monoisotopic (exact) mass is 247 g/mol. The maximum Gasteiger partial charge on any atom is 0.259 e. The molecule has 0 saturated carbocycles. The summed E-state index contributed by atoms with van der Waals surface area (Å²) in [7, 11) is -3.63. The lowest BCUT2D eigenvalue weighted by Gasteiger charge is -2.09. The largest absolute Gasteiger partial charge is 0.395 e. The Hall–Kier alpha value is -0.920. The molecule has 2 N–H and O–H groups in total. The highest BCUT2D eigenvalue weighted by molar-refractivity contribution is 7.89. The molecule has 0 fully saturated rings. The molecule has 0 aliphatic heterocycles. The average molecular weight is 247 g/mol. The van der Waals surface area contributed by atoms with Crippen LogP contribution in [0.15, 0.2) is 17.6 Å². The summed E-state index contributed by atoms with van der Waals surface area (Å²) in [4.78, 5) is 3.83. The molecular weight excluding hydrogens is 230 g/mol. The molecule has 1 aromatic heterocycles. The van der Waals surface area contributed by atoms with Crippen molar-refractivity contribution in [2.75, 3.05) is 6.61 Å². The van der Waals surface area contributed by atoms with Crippen LogP contribution in [0.1, 0.15) is 26.8 Å². The van der Waals surface area contributed by atoms with Crippen molar-refractivity contribution in [1.82, 2.24) is 14.3 Å². The van der Waals surface area contributed by atoms with Crippen molar-refractivity contribution in [2.24, 2.45) is 0 Å². The first kappa shape index (κ1) is 13.1. The molecule has 1 atom stereocenters. The van der Waals surface area contributed by atoms with E-state index in [1.165, 1.54) is 12.5 Å². The molecule has 0 aliphatic rings. The number of hydrogen-bond acceptors (Lipinski definition) is 4. The van der Waals surface area contributed by atoms with Crippen molar-refractivity contribution < 1.29 is 13.5 Å². The van der Waals surface area contributed by atoms with Gasteiger partial charge in [0.15, 0.2) is 5.03 Å². The van der Waals surface area contributed by atoms with Gasteiger partial charge in [0.1, 0.15) is 0 Å². The number of imidazole rings is 1. The van der Waals surface area contributed by atoms with Gasteiger partial charge in [0.05, 0.1) is 12.9 Å². The molecule has 1 rings (SSSR count). The fourth-order valence-corrected chi connectivity index (χ4v) is 2.27. The summed E-state index contributed by atoms with van der Waals surface area (Å²) < 4.78 is 27.5. The van der Waals surface area contributed by atoms with Gasteiger partial charge in [0.25, 0.3) is 10.0 Å². The van der Waals surface area contributed by atoms with E-state index in [0.29, 0.717) is 0 Å². The van der Waals surface area contributed by atoms with Crippen molar-refractivity contribution in [2.45, 2.75) is 37.9 Å². The third-order valence-electron chi connectivity index (χ3n) is 2.08. The Bertz CT molecular complexity index is 439. The number of sulfonamides is 1. The van der Waals surface area contributed by atoms with Gasteiger partial charge in [0, 0.05) is 18.3 Å². The smallest absolute Gasteiger partial charge is 0.259 e. The summed E-state index contributed by atoms with van der Waals surface area (Å²) in [5.74, 6) is 0. The number of nitrogens with zero attached hydrogens (tertiary/aromatic N) is 2. The lowest BCUT2D eigenvalue weighted by atomic mass is 10.4. The Balaban J connectivity index is 2.90. The van der Waals surface area contributed by atoms with Gasteiger partial charge < -0.3 is 9.67 Å². The first-order valence-electron chi connectivity index (χ1n) is 5.03. The van der Waals surface area contributed by atoms with Crippen molar-refractivity contribution in [3.8, 4) is 0 Å². The van der Waals surface area contributed by atoms with Crippen LogP contribution in [0, 0.1) is 0 Å². The lowest BCUT2D eigenvalue weighted by molar-refractivity contribution is 0.265. The Kier molecular flexibility index (Phi) is 4.06. The van der Waals surface area contributed by atoms with Gasteiger partial charge in [-0.3, -0.25) is 0 Å². The van der Waals surface area contributed by atoms with Crippen LogP contribution in [0.2, 0.25) is 0 Å². The molecule has 0 spiro atoms. The molecule has 0 bridgehead atoms. The summed E-state index contributed by atoms with van der Waals surface area (Å²) in [6, 6.07) is -0.360. The van der Waals surface area contributed by atoms with E-state index < -0.39 is 16.1 Å². The van der Waals surface area contributed by atoms with Crippen LogP contribution in [-0.4, -0.2) is 35.7 Å². The van der Waals surface area contributed by atoms with Crippen LogP contribution in [0.25, 0.3) is 0 Å². The zero-order valence-corrected chi connectivity index (χ0v) is 10.4. The molecule has 0 saturated heterocycles. The van der Waals surface area contributed by atoms with Gasteiger partial charge >= 0.3 is 0 Å². The Morgan fingerprint density at radius 3 is 2.56 bits per heavy atom. The summed E-state index contributed by atoms with van der Waals surface area (Å²) in [6.07, 6.45) is 2.94. The van der Waals surface area contributed by atoms with Crippen LogP contribution in [0.4, 0.5) is 0 Å². The fraction of sp³-hybridized carbons (Fsp3) is 0.667. The second kappa shape index (κ2) is 4.94. The average Bonchev–Trinajstić information content (AvgIpc) is 2.66. The number of rotatable bonds is 5. The van der Waals surface area contributed by atoms with Gasteiger partial charge in [-0.1, -0.05) is 0 Å². The summed E-state index contributed by atoms with van der Waals surface area (Å²) in [5, 5.41) is 8.76. The van der Waals surface area contributed by atoms with E-state index in [1.807, 2.05) is 13.8 Å². The summed E-state index contributed by atoms with van der Waals surface area (Å²) >= 11 is 0. The van der Waals surface area contributed by atoms with Crippen molar-refractivity contribution in [3.63, 3.8) is 0 Å². The Morgan fingerprint density at radius 2 is 2.12 bits per heavy atom. The quantitative estimate of drug-likeness (QED) is 0.774. The molecule has 1 aromatic rings. The molecule has 0 amide bonds. The standard InChI is InChI=1S/C9H17N3O3S/c1-7(2)12-4-9(10-6-12)16(14,15)11-8(3)5-13/h4,6-8,11,13H,5H2,1-3H3. The van der Waals surface area contributed by atoms with Crippen LogP contribution >= 0.6 is 0 Å². The molecule has 0 radical (unpaired) electrons. The van der Waals surface area contributed by atoms with E-state index in [4.69, 9.17) is 5.11 Å². The van der Waals surface area contributed by atoms with E-state index in [1.54, 1.807) is 11.5 Å². The molecule has 16 heavy (non-hydrogen) atoms. The van der Waals surface area contributed by atoms with Crippen molar-refractivity contribution in [3.05, 3.63) is 12.5 Å². The molecule has 1 unspecified atom stereocenters. The number of aliphatic hydroxyl groups excluding tert-OH is 1. The van der Waals surface area contributed by atoms with Gasteiger partial charge in [0.2, 0.25) is 0 Å². The highest BCUT2D eigenvalue weighted by Crippen LogP contribution is 2.10. The third kappa shape index (κ3) is 3.03. The molecule has 6 nitrogen and oxygen atoms in total. The van der Waals surface area contributed by atoms with Crippen LogP contribution in [0.3, 0.4) is 0 Å². The number of aliphatic hydroxyl groups is 1. The first-order valence-corrected chi connectivity index (χ1v) is 6.52. The van der Waals surface area contributed by atoms with Crippen LogP contribution in [-0.2, 0) is 10.0 Å². The Morgan fingerprint density at radius 1 is 1.50 bits per heavy atom. The number of aromatic nitrogens is 2. The topological polar surface area (TPSA) is 84.2 Å². The minimum absolute atomic E-state index is 0.0264. The lowest BCUT2D eigenvalue weighted by Crippen LogP contribution is -2.35. The van der Waals surface area contributed by atoms with E-state index in [0.717, 1.165) is 0 Å². The summed E-state index contributed by atoms with van der Waals surface area (Å²) in [6.45, 7) is 5.20. The number of hydrogen-bond donors (Lipinski definition) is 2. The van der Waals surface area contributed by atoms with Gasteiger partial charge in [-0.2, -0.15) is 0 Å². The molecule has 0 aliphatic carbocycles. The molecule has 92 valence electrons. The maximum absolute atomic E-state index is 11.7. The molecular formula is C9H17N3O3S. The number of nitrogens with one attached hydrogen (secondary N) is 1. The molecule has 7 heteroatoms. The minimum Gasteiger partial charge on any atom is -0.395 e. The van der Waals surface area contributed by atoms with Crippen molar-refractivity contribution >= 4 is 10.0 Å². The predicted octanol–water partition coefficient (Wildman–Crippen LogP) is 0.123. The predicted molar refractivity (Wildman–Crippen MR) is 59.5 cm³/mol. The maximum atomic E-state index is 11.7. The minimum atomic E-state index is -3.63. The van der Waals surface area contributed by atoms with E-state index in [2.05, 4.69) is 9.71 Å². The molecule has 0 aromatic carbocycles. The fourth-order valence-electron chi connectivity index (χ4n) is 1.10. The highest BCUT2D eigenvalue weighted by atomic mass is 32.2. The highest BCUT2D eigenvalue weighted by Gasteiger charge is 2.19. The second-order valence-electron chi connectivity index (χ2n) is 3.96. The zero-order chi connectivity index (χ0) is 12.3.